The van der Waals surface area contributed by atoms with Gasteiger partial charge in [0.15, 0.2) is 18.5 Å². The van der Waals surface area contributed by atoms with Crippen molar-refractivity contribution in [3.8, 4) is 0 Å². The van der Waals surface area contributed by atoms with Crippen LogP contribution in [0.1, 0.15) is 6.92 Å². The van der Waals surface area contributed by atoms with Crippen LogP contribution < -0.4 is 0 Å². The van der Waals surface area contributed by atoms with E-state index in [1.54, 1.807) is 0 Å². The molecule has 0 amide bonds. The molecule has 0 radical (unpaired) electrons. The van der Waals surface area contributed by atoms with Crippen molar-refractivity contribution in [3.05, 3.63) is 0 Å². The number of carboxylic acid groups (broad SMARTS) is 1. The van der Waals surface area contributed by atoms with Gasteiger partial charge in [-0.2, -0.15) is 0 Å². The van der Waals surface area contributed by atoms with Gasteiger partial charge < -0.3 is 55.1 Å². The Kier molecular flexibility index (Phi) is 5.86. The van der Waals surface area contributed by atoms with Crippen molar-refractivity contribution >= 4 is 11.9 Å². The molecule has 0 spiro atoms. The van der Waals surface area contributed by atoms with Crippen molar-refractivity contribution in [2.24, 2.45) is 0 Å². The molecule has 150 valence electrons. The summed E-state index contributed by atoms with van der Waals surface area (Å²) in [4.78, 5) is 23.4. The number of hydrogen-bond acceptors (Lipinski definition) is 12. The van der Waals surface area contributed by atoms with Crippen LogP contribution in [0.2, 0.25) is 0 Å². The maximum atomic E-state index is 12.2. The van der Waals surface area contributed by atoms with Gasteiger partial charge in [-0.15, -0.1) is 0 Å². The zero-order valence-electron chi connectivity index (χ0n) is 13.3. The first-order valence-corrected chi connectivity index (χ1v) is 7.49. The second-order valence-electron chi connectivity index (χ2n) is 6.08. The number of carbonyl (C=O) groups excluding carboxylic acids is 1. The average molecular weight is 384 g/mol. The lowest BCUT2D eigenvalue weighted by Crippen LogP contribution is -2.69. The summed E-state index contributed by atoms with van der Waals surface area (Å²) in [6.07, 6.45) is -17.8. The Balaban J connectivity index is 2.24. The number of carbonyl (C=O) groups is 2. The molecular formula is C13H20O13. The highest BCUT2D eigenvalue weighted by Gasteiger charge is 2.59. The molecule has 0 aromatic heterocycles. The van der Waals surface area contributed by atoms with Crippen LogP contribution >= 0.6 is 0 Å². The summed E-state index contributed by atoms with van der Waals surface area (Å²) < 4.78 is 14.0. The van der Waals surface area contributed by atoms with Crippen LogP contribution in [0, 0.1) is 0 Å². The monoisotopic (exact) mass is 384 g/mol. The SMILES string of the molecule is C[C@H]1O[C@](O)(C(=O)O[C@H]2[C@H](O)[C@H](O)[C@H](O)O[C@@H]2C(=O)O)[C@@H](O)[C@@H](O)[C@@H]1O. The van der Waals surface area contributed by atoms with Crippen LogP contribution in [0.15, 0.2) is 0 Å². The van der Waals surface area contributed by atoms with Gasteiger partial charge in [0.2, 0.25) is 0 Å². The first-order valence-electron chi connectivity index (χ1n) is 7.49. The zero-order valence-corrected chi connectivity index (χ0v) is 13.3. The van der Waals surface area contributed by atoms with Crippen molar-refractivity contribution in [1.29, 1.82) is 0 Å². The molecule has 26 heavy (non-hydrogen) atoms. The molecule has 2 rings (SSSR count). The number of carboxylic acids is 1. The predicted molar refractivity (Wildman–Crippen MR) is 73.9 cm³/mol. The van der Waals surface area contributed by atoms with E-state index in [-0.39, 0.29) is 0 Å². The van der Waals surface area contributed by atoms with Gasteiger partial charge >= 0.3 is 11.9 Å². The van der Waals surface area contributed by atoms with Crippen LogP contribution in [0.25, 0.3) is 0 Å². The topological polar surface area (TPSA) is 224 Å². The maximum Gasteiger partial charge on any atom is 0.370 e. The number of ether oxygens (including phenoxy) is 3. The van der Waals surface area contributed by atoms with Gasteiger partial charge in [-0.1, -0.05) is 0 Å². The summed E-state index contributed by atoms with van der Waals surface area (Å²) in [5.41, 5.74) is 0. The Hall–Kier alpha value is -1.42. The highest BCUT2D eigenvalue weighted by molar-refractivity contribution is 5.80. The molecule has 2 heterocycles. The van der Waals surface area contributed by atoms with Crippen molar-refractivity contribution in [1.82, 2.24) is 0 Å². The Morgan fingerprint density at radius 3 is 2.08 bits per heavy atom. The molecule has 0 saturated carbocycles. The second-order valence-corrected chi connectivity index (χ2v) is 6.08. The van der Waals surface area contributed by atoms with Crippen molar-refractivity contribution < 1.29 is 64.7 Å². The van der Waals surface area contributed by atoms with Crippen LogP contribution in [0.3, 0.4) is 0 Å². The largest absolute Gasteiger partial charge is 0.479 e. The van der Waals surface area contributed by atoms with E-state index in [0.29, 0.717) is 0 Å². The molecule has 2 aliphatic heterocycles. The fourth-order valence-corrected chi connectivity index (χ4v) is 2.68. The van der Waals surface area contributed by atoms with Gasteiger partial charge in [0, 0.05) is 0 Å². The number of hydrogen-bond donors (Lipinski definition) is 8. The molecule has 0 bridgehead atoms. The average Bonchev–Trinajstić information content (AvgIpc) is 2.58. The van der Waals surface area contributed by atoms with Crippen LogP contribution in [0.4, 0.5) is 0 Å². The smallest absolute Gasteiger partial charge is 0.370 e. The minimum absolute atomic E-state index is 1.16. The summed E-state index contributed by atoms with van der Waals surface area (Å²) >= 11 is 0. The third-order valence-corrected chi connectivity index (χ3v) is 4.26. The zero-order chi connectivity index (χ0) is 20.0. The quantitative estimate of drug-likeness (QED) is 0.213. The summed E-state index contributed by atoms with van der Waals surface area (Å²) in [5.74, 6) is -6.79. The highest BCUT2D eigenvalue weighted by Crippen LogP contribution is 2.31. The molecule has 2 saturated heterocycles. The van der Waals surface area contributed by atoms with E-state index in [2.05, 4.69) is 9.47 Å². The van der Waals surface area contributed by atoms with E-state index in [4.69, 9.17) is 9.84 Å². The summed E-state index contributed by atoms with van der Waals surface area (Å²) in [5, 5.41) is 77.1. The Bertz CT molecular complexity index is 554. The first-order chi connectivity index (χ1) is 11.9. The molecular weight excluding hydrogens is 364 g/mol. The standard InChI is InChI=1S/C13H20O13/c1-2-3(14)5(16)9(18)13(23,26-2)12(22)25-7-4(15)6(17)11(21)24-8(7)10(19)20/h2-9,11,14-18,21,23H,1H3,(H,19,20)/t2-,3-,4-,5+,6+,7+,8+,9+,11-,13+/m1/s1. The molecule has 8 N–H and O–H groups in total. The van der Waals surface area contributed by atoms with E-state index < -0.39 is 72.8 Å². The van der Waals surface area contributed by atoms with Gasteiger partial charge in [-0.25, -0.2) is 9.59 Å². The third-order valence-electron chi connectivity index (χ3n) is 4.26. The highest BCUT2D eigenvalue weighted by atomic mass is 16.7. The molecule has 10 atom stereocenters. The van der Waals surface area contributed by atoms with Crippen molar-refractivity contribution in [2.75, 3.05) is 0 Å². The summed E-state index contributed by atoms with van der Waals surface area (Å²) in [6.45, 7) is 1.16. The number of aliphatic hydroxyl groups is 7. The Morgan fingerprint density at radius 1 is 0.962 bits per heavy atom. The molecule has 13 heteroatoms. The molecule has 2 aliphatic rings. The molecule has 0 unspecified atom stereocenters. The van der Waals surface area contributed by atoms with E-state index >= 15 is 0 Å². The van der Waals surface area contributed by atoms with E-state index in [9.17, 15) is 45.3 Å². The molecule has 0 aromatic carbocycles. The number of aliphatic carboxylic acids is 1. The lowest BCUT2D eigenvalue weighted by atomic mass is 9.92. The molecule has 0 aliphatic carbocycles. The second kappa shape index (κ2) is 7.30. The lowest BCUT2D eigenvalue weighted by molar-refractivity contribution is -0.341. The van der Waals surface area contributed by atoms with Crippen molar-refractivity contribution in [3.63, 3.8) is 0 Å². The molecule has 13 nitrogen and oxygen atoms in total. The van der Waals surface area contributed by atoms with Gasteiger partial charge in [0.1, 0.15) is 30.5 Å². The fraction of sp³-hybridized carbons (Fsp3) is 0.846. The Morgan fingerprint density at radius 2 is 1.54 bits per heavy atom. The van der Waals surface area contributed by atoms with Gasteiger partial charge in [0.05, 0.1) is 6.10 Å². The minimum atomic E-state index is -3.21. The van der Waals surface area contributed by atoms with Gasteiger partial charge in [0.25, 0.3) is 5.79 Å². The predicted octanol–water partition coefficient (Wildman–Crippen LogP) is -5.39. The van der Waals surface area contributed by atoms with Gasteiger partial charge in [-0.3, -0.25) is 0 Å². The minimum Gasteiger partial charge on any atom is -0.479 e. The first kappa shape index (κ1) is 20.9. The number of esters is 1. The summed E-state index contributed by atoms with van der Waals surface area (Å²) in [7, 11) is 0. The van der Waals surface area contributed by atoms with Crippen LogP contribution in [0.5, 0.6) is 0 Å². The van der Waals surface area contributed by atoms with E-state index in [0.717, 1.165) is 6.92 Å². The number of rotatable bonds is 3. The van der Waals surface area contributed by atoms with Crippen molar-refractivity contribution in [2.45, 2.75) is 67.8 Å². The van der Waals surface area contributed by atoms with Crippen LogP contribution in [-0.2, 0) is 23.8 Å². The normalized spacial score (nSPS) is 49.5. The molecule has 2 fully saturated rings. The molecule has 0 aromatic rings. The van der Waals surface area contributed by atoms with E-state index in [1.807, 2.05) is 0 Å². The maximum absolute atomic E-state index is 12.2. The fourth-order valence-electron chi connectivity index (χ4n) is 2.68. The lowest BCUT2D eigenvalue weighted by Gasteiger charge is -2.44. The summed E-state index contributed by atoms with van der Waals surface area (Å²) in [6, 6.07) is 0. The third kappa shape index (κ3) is 3.40. The number of aliphatic hydroxyl groups excluding tert-OH is 6. The van der Waals surface area contributed by atoms with E-state index in [1.165, 1.54) is 0 Å². The van der Waals surface area contributed by atoms with Gasteiger partial charge in [-0.05, 0) is 6.92 Å². The van der Waals surface area contributed by atoms with Crippen LogP contribution in [-0.4, -0.2) is 114 Å². The Labute approximate surface area is 145 Å².